The molecule has 166 valence electrons. The first-order valence-electron chi connectivity index (χ1n) is 9.76. The molecule has 0 saturated heterocycles. The molecule has 10 heteroatoms. The number of nitrogens with one attached hydrogen (secondary N) is 1. The van der Waals surface area contributed by atoms with E-state index < -0.39 is 5.91 Å². The van der Waals surface area contributed by atoms with Crippen LogP contribution in [0.25, 0.3) is 5.69 Å². The molecule has 0 fully saturated rings. The highest BCUT2D eigenvalue weighted by molar-refractivity contribution is 6.35. The van der Waals surface area contributed by atoms with Crippen LogP contribution in [0.5, 0.6) is 0 Å². The van der Waals surface area contributed by atoms with E-state index in [1.54, 1.807) is 57.4 Å². The molecule has 3 aromatic rings. The first-order valence-corrected chi connectivity index (χ1v) is 10.5. The van der Waals surface area contributed by atoms with Crippen LogP contribution in [0.1, 0.15) is 45.7 Å². The van der Waals surface area contributed by atoms with E-state index in [0.717, 1.165) is 0 Å². The van der Waals surface area contributed by atoms with Gasteiger partial charge in [0.1, 0.15) is 0 Å². The number of amides is 2. The summed E-state index contributed by atoms with van der Waals surface area (Å²) in [5, 5.41) is 7.69. The van der Waals surface area contributed by atoms with Crippen molar-refractivity contribution in [2.75, 3.05) is 14.1 Å². The second-order valence-corrected chi connectivity index (χ2v) is 7.91. The van der Waals surface area contributed by atoms with Crippen molar-refractivity contribution in [3.63, 3.8) is 0 Å². The number of hydrogen-bond donors (Lipinski definition) is 1. The van der Waals surface area contributed by atoms with Crippen molar-refractivity contribution in [1.82, 2.24) is 25.0 Å². The van der Waals surface area contributed by atoms with E-state index in [9.17, 15) is 14.4 Å². The second kappa shape index (κ2) is 9.93. The van der Waals surface area contributed by atoms with Gasteiger partial charge in [0.25, 0.3) is 5.91 Å². The molecule has 0 atom stereocenters. The summed E-state index contributed by atoms with van der Waals surface area (Å²) in [6, 6.07) is 11.4. The minimum atomic E-state index is -0.417. The molecular weight excluding hydrogens is 453 g/mol. The van der Waals surface area contributed by atoms with Crippen LogP contribution >= 0.6 is 23.2 Å². The van der Waals surface area contributed by atoms with Crippen LogP contribution in [0.4, 0.5) is 0 Å². The molecule has 0 spiro atoms. The average molecular weight is 474 g/mol. The Kier molecular flexibility index (Phi) is 7.27. The van der Waals surface area contributed by atoms with Crippen LogP contribution in [0.2, 0.25) is 10.0 Å². The van der Waals surface area contributed by atoms with Crippen LogP contribution in [-0.4, -0.2) is 51.4 Å². The van der Waals surface area contributed by atoms with Gasteiger partial charge in [0.2, 0.25) is 11.7 Å². The Labute approximate surface area is 195 Å². The fraction of sp³-hybridized carbons (Fsp3) is 0.227. The number of ketones is 1. The van der Waals surface area contributed by atoms with E-state index >= 15 is 0 Å². The molecule has 0 saturated carbocycles. The molecule has 0 aliphatic carbocycles. The van der Waals surface area contributed by atoms with Gasteiger partial charge in [0, 0.05) is 36.7 Å². The molecule has 0 unspecified atom stereocenters. The monoisotopic (exact) mass is 473 g/mol. The molecule has 3 rings (SSSR count). The van der Waals surface area contributed by atoms with Crippen LogP contribution in [0, 0.1) is 0 Å². The summed E-state index contributed by atoms with van der Waals surface area (Å²) < 4.78 is 1.37. The van der Waals surface area contributed by atoms with Crippen LogP contribution in [0.15, 0.2) is 42.5 Å². The van der Waals surface area contributed by atoms with Gasteiger partial charge in [-0.2, -0.15) is 0 Å². The normalized spacial score (nSPS) is 10.7. The Morgan fingerprint density at radius 1 is 1.06 bits per heavy atom. The van der Waals surface area contributed by atoms with Crippen LogP contribution < -0.4 is 5.32 Å². The summed E-state index contributed by atoms with van der Waals surface area (Å²) in [5.41, 5.74) is 0.871. The quantitative estimate of drug-likeness (QED) is 0.529. The van der Waals surface area contributed by atoms with Crippen molar-refractivity contribution < 1.29 is 14.4 Å². The van der Waals surface area contributed by atoms with E-state index in [1.807, 2.05) is 0 Å². The number of hydrogen-bond acceptors (Lipinski definition) is 5. The molecule has 1 aromatic heterocycles. The summed E-state index contributed by atoms with van der Waals surface area (Å²) in [6.45, 7) is 1.74. The van der Waals surface area contributed by atoms with Crippen molar-refractivity contribution in [3.8, 4) is 5.69 Å². The first-order chi connectivity index (χ1) is 15.2. The third-order valence-corrected chi connectivity index (χ3v) is 5.15. The van der Waals surface area contributed by atoms with Gasteiger partial charge in [-0.15, -0.1) is 5.10 Å². The number of carbonyl (C=O) groups excluding carboxylic acids is 3. The van der Waals surface area contributed by atoms with Crippen molar-refractivity contribution in [2.45, 2.75) is 19.9 Å². The third kappa shape index (κ3) is 4.98. The van der Waals surface area contributed by atoms with Gasteiger partial charge >= 0.3 is 0 Å². The third-order valence-electron chi connectivity index (χ3n) is 4.59. The Bertz CT molecular complexity index is 1190. The lowest BCUT2D eigenvalue weighted by Gasteiger charge is -2.13. The van der Waals surface area contributed by atoms with E-state index in [4.69, 9.17) is 23.2 Å². The molecule has 0 aliphatic rings. The summed E-state index contributed by atoms with van der Waals surface area (Å²) >= 11 is 12.4. The Morgan fingerprint density at radius 2 is 1.78 bits per heavy atom. The summed E-state index contributed by atoms with van der Waals surface area (Å²) in [7, 11) is 3.16. The molecule has 0 bridgehead atoms. The van der Waals surface area contributed by atoms with Crippen molar-refractivity contribution in [1.29, 1.82) is 0 Å². The summed E-state index contributed by atoms with van der Waals surface area (Å²) in [5.74, 6) is -0.759. The lowest BCUT2D eigenvalue weighted by molar-refractivity contribution is -0.120. The van der Waals surface area contributed by atoms with Crippen LogP contribution in [0.3, 0.4) is 0 Å². The van der Waals surface area contributed by atoms with Gasteiger partial charge in [-0.1, -0.05) is 42.3 Å². The Balaban J connectivity index is 2.16. The molecule has 0 aliphatic heterocycles. The van der Waals surface area contributed by atoms with Gasteiger partial charge in [0.15, 0.2) is 11.6 Å². The molecular formula is C22H21Cl2N5O3. The van der Waals surface area contributed by atoms with Crippen LogP contribution in [-0.2, 0) is 11.3 Å². The second-order valence-electron chi connectivity index (χ2n) is 7.06. The van der Waals surface area contributed by atoms with Gasteiger partial charge in [-0.05, 0) is 30.3 Å². The fourth-order valence-corrected chi connectivity index (χ4v) is 3.30. The molecule has 1 N–H and O–H groups in total. The molecule has 0 radical (unpaired) electrons. The maximum atomic E-state index is 13.3. The number of aromatic nitrogens is 3. The number of nitrogens with zero attached hydrogens (tertiary/aromatic N) is 4. The number of halogens is 2. The maximum Gasteiger partial charge on any atom is 0.293 e. The summed E-state index contributed by atoms with van der Waals surface area (Å²) in [6.07, 6.45) is 0.287. The standard InChI is InChI=1S/C22H21Cl2N5O3/c1-4-19(30)25-12-18-26-21(22(32)28(2)3)27-29(18)17-10-9-13(23)11-15(17)20(31)14-7-5-6-8-16(14)24/h5-11H,4,12H2,1-3H3,(H,25,30). The molecule has 2 aromatic carbocycles. The number of carbonyl (C=O) groups is 3. The molecule has 8 nitrogen and oxygen atoms in total. The predicted octanol–water partition coefficient (Wildman–Crippen LogP) is 3.53. The zero-order valence-corrected chi connectivity index (χ0v) is 19.2. The zero-order valence-electron chi connectivity index (χ0n) is 17.7. The highest BCUT2D eigenvalue weighted by Gasteiger charge is 2.24. The largest absolute Gasteiger partial charge is 0.349 e. The molecule has 1 heterocycles. The average Bonchev–Trinajstić information content (AvgIpc) is 3.20. The summed E-state index contributed by atoms with van der Waals surface area (Å²) in [4.78, 5) is 43.2. The predicted molar refractivity (Wildman–Crippen MR) is 121 cm³/mol. The highest BCUT2D eigenvalue weighted by atomic mass is 35.5. The lowest BCUT2D eigenvalue weighted by Crippen LogP contribution is -2.24. The van der Waals surface area contributed by atoms with Crippen molar-refractivity contribution >= 4 is 40.8 Å². The van der Waals surface area contributed by atoms with E-state index in [0.29, 0.717) is 21.3 Å². The first kappa shape index (κ1) is 23.4. The van der Waals surface area contributed by atoms with Gasteiger partial charge < -0.3 is 10.2 Å². The van der Waals surface area contributed by atoms with Gasteiger partial charge in [-0.25, -0.2) is 9.67 Å². The number of benzene rings is 2. The van der Waals surface area contributed by atoms with Crippen molar-refractivity contribution in [3.05, 3.63) is 75.3 Å². The lowest BCUT2D eigenvalue weighted by atomic mass is 10.0. The molecule has 2 amide bonds. The van der Waals surface area contributed by atoms with E-state index in [-0.39, 0.29) is 41.9 Å². The van der Waals surface area contributed by atoms with Crippen molar-refractivity contribution in [2.24, 2.45) is 0 Å². The van der Waals surface area contributed by atoms with E-state index in [1.165, 1.54) is 15.6 Å². The smallest absolute Gasteiger partial charge is 0.293 e. The molecule has 32 heavy (non-hydrogen) atoms. The van der Waals surface area contributed by atoms with Gasteiger partial charge in [-0.3, -0.25) is 14.4 Å². The van der Waals surface area contributed by atoms with Gasteiger partial charge in [0.05, 0.1) is 17.3 Å². The SMILES string of the molecule is CCC(=O)NCc1nc(C(=O)N(C)C)nn1-c1ccc(Cl)cc1C(=O)c1ccccc1Cl. The minimum Gasteiger partial charge on any atom is -0.349 e. The maximum absolute atomic E-state index is 13.3. The highest BCUT2D eigenvalue weighted by Crippen LogP contribution is 2.26. The zero-order chi connectivity index (χ0) is 23.4. The number of rotatable bonds is 7. The fourth-order valence-electron chi connectivity index (χ4n) is 2.91. The topological polar surface area (TPSA) is 97.2 Å². The Hall–Kier alpha value is -3.23. The minimum absolute atomic E-state index is 0.0166. The Morgan fingerprint density at radius 3 is 2.44 bits per heavy atom. The van der Waals surface area contributed by atoms with E-state index in [2.05, 4.69) is 15.4 Å².